The molecule has 2 aromatic rings. The first-order valence-corrected chi connectivity index (χ1v) is 8.61. The van der Waals surface area contributed by atoms with E-state index in [4.69, 9.17) is 9.57 Å². The first-order chi connectivity index (χ1) is 10.7. The quantitative estimate of drug-likeness (QED) is 0.853. The number of hydrogen-bond acceptors (Lipinski definition) is 5. The summed E-state index contributed by atoms with van der Waals surface area (Å²) in [5.74, 6) is 0.589. The molecule has 0 unspecified atom stereocenters. The van der Waals surface area contributed by atoms with Gasteiger partial charge in [0.1, 0.15) is 10.6 Å². The summed E-state index contributed by atoms with van der Waals surface area (Å²) in [7, 11) is 1.65. The predicted octanol–water partition coefficient (Wildman–Crippen LogP) is 4.03. The molecule has 1 aromatic heterocycles. The standard InChI is InChI=1S/C17H21NO3S/c1-3-13-14-8-7-12(20-2)11-15(14)22-16(13)17(19)21-18-9-5-4-6-10-18/h7-8,11H,3-6,9-10H2,1-2H3. The Morgan fingerprint density at radius 3 is 2.73 bits per heavy atom. The summed E-state index contributed by atoms with van der Waals surface area (Å²) in [5, 5.41) is 2.93. The molecule has 1 fully saturated rings. The zero-order chi connectivity index (χ0) is 15.5. The van der Waals surface area contributed by atoms with Crippen LogP contribution in [0.4, 0.5) is 0 Å². The SMILES string of the molecule is CCc1c(C(=O)ON2CCCCC2)sc2cc(OC)ccc12. The Balaban J connectivity index is 1.89. The Bertz CT molecular complexity index is 674. The van der Waals surface area contributed by atoms with Gasteiger partial charge >= 0.3 is 5.97 Å². The monoisotopic (exact) mass is 319 g/mol. The number of carbonyl (C=O) groups excluding carboxylic acids is 1. The molecule has 0 saturated carbocycles. The molecule has 1 aromatic carbocycles. The van der Waals surface area contributed by atoms with Crippen molar-refractivity contribution in [1.29, 1.82) is 0 Å². The summed E-state index contributed by atoms with van der Waals surface area (Å²) in [6, 6.07) is 5.95. The second-order valence-corrected chi connectivity index (χ2v) is 6.55. The van der Waals surface area contributed by atoms with Crippen LogP contribution in [0.3, 0.4) is 0 Å². The van der Waals surface area contributed by atoms with Crippen LogP contribution in [0.1, 0.15) is 41.4 Å². The molecule has 1 aliphatic heterocycles. The highest BCUT2D eigenvalue weighted by molar-refractivity contribution is 7.21. The van der Waals surface area contributed by atoms with Crippen LogP contribution >= 0.6 is 11.3 Å². The number of thiophene rings is 1. The van der Waals surface area contributed by atoms with Gasteiger partial charge in [0.2, 0.25) is 0 Å². The number of carbonyl (C=O) groups is 1. The fourth-order valence-electron chi connectivity index (χ4n) is 2.89. The predicted molar refractivity (Wildman–Crippen MR) is 88.6 cm³/mol. The number of benzene rings is 1. The summed E-state index contributed by atoms with van der Waals surface area (Å²) in [4.78, 5) is 18.8. The third-order valence-electron chi connectivity index (χ3n) is 4.07. The Hall–Kier alpha value is -1.59. The maximum absolute atomic E-state index is 12.5. The van der Waals surface area contributed by atoms with Gasteiger partial charge in [-0.3, -0.25) is 0 Å². The molecule has 5 heteroatoms. The van der Waals surface area contributed by atoms with Crippen molar-refractivity contribution in [3.8, 4) is 5.75 Å². The van der Waals surface area contributed by atoms with Crippen molar-refractivity contribution in [3.63, 3.8) is 0 Å². The molecule has 118 valence electrons. The molecule has 4 nitrogen and oxygen atoms in total. The molecule has 0 radical (unpaired) electrons. The Kier molecular flexibility index (Phi) is 4.64. The van der Waals surface area contributed by atoms with Crippen LogP contribution in [0.15, 0.2) is 18.2 Å². The highest BCUT2D eigenvalue weighted by Gasteiger charge is 2.22. The summed E-state index contributed by atoms with van der Waals surface area (Å²) >= 11 is 1.49. The van der Waals surface area contributed by atoms with Gasteiger partial charge in [0.15, 0.2) is 0 Å². The smallest absolute Gasteiger partial charge is 0.367 e. The molecule has 2 heterocycles. The van der Waals surface area contributed by atoms with Crippen LogP contribution < -0.4 is 4.74 Å². The van der Waals surface area contributed by atoms with E-state index in [0.717, 1.165) is 58.6 Å². The van der Waals surface area contributed by atoms with Gasteiger partial charge < -0.3 is 9.57 Å². The minimum Gasteiger partial charge on any atom is -0.497 e. The van der Waals surface area contributed by atoms with E-state index in [-0.39, 0.29) is 5.97 Å². The van der Waals surface area contributed by atoms with E-state index in [0.29, 0.717) is 0 Å². The molecular weight excluding hydrogens is 298 g/mol. The van der Waals surface area contributed by atoms with Crippen molar-refractivity contribution < 1.29 is 14.4 Å². The average Bonchev–Trinajstić information content (AvgIpc) is 2.93. The Labute approximate surface area is 134 Å². The first-order valence-electron chi connectivity index (χ1n) is 7.79. The Morgan fingerprint density at radius 2 is 2.05 bits per heavy atom. The molecule has 0 bridgehead atoms. The molecular formula is C17H21NO3S. The molecule has 0 N–H and O–H groups in total. The first kappa shape index (κ1) is 15.3. The minimum atomic E-state index is -0.223. The van der Waals surface area contributed by atoms with Crippen molar-refractivity contribution in [2.45, 2.75) is 32.6 Å². The fourth-order valence-corrected chi connectivity index (χ4v) is 4.08. The summed E-state index contributed by atoms with van der Waals surface area (Å²) in [5.41, 5.74) is 1.07. The maximum atomic E-state index is 12.5. The molecule has 22 heavy (non-hydrogen) atoms. The average molecular weight is 319 g/mol. The lowest BCUT2D eigenvalue weighted by atomic mass is 10.1. The normalized spacial score (nSPS) is 15.9. The molecule has 1 saturated heterocycles. The number of nitrogens with zero attached hydrogens (tertiary/aromatic N) is 1. The van der Waals surface area contributed by atoms with Crippen LogP contribution in [0.2, 0.25) is 0 Å². The van der Waals surface area contributed by atoms with Crippen LogP contribution in [0.25, 0.3) is 10.1 Å². The number of piperidine rings is 1. The Morgan fingerprint density at radius 1 is 1.27 bits per heavy atom. The van der Waals surface area contributed by atoms with Crippen LogP contribution in [-0.2, 0) is 11.3 Å². The zero-order valence-electron chi connectivity index (χ0n) is 13.1. The summed E-state index contributed by atoms with van der Waals surface area (Å²) in [6.45, 7) is 3.75. The molecule has 0 aliphatic carbocycles. The summed E-state index contributed by atoms with van der Waals surface area (Å²) in [6.07, 6.45) is 4.22. The molecule has 1 aliphatic rings. The van der Waals surface area contributed by atoms with Crippen LogP contribution in [0, 0.1) is 0 Å². The molecule has 3 rings (SSSR count). The number of rotatable bonds is 4. The van der Waals surface area contributed by atoms with Gasteiger partial charge in [-0.2, -0.15) is 0 Å². The van der Waals surface area contributed by atoms with E-state index >= 15 is 0 Å². The number of ether oxygens (including phenoxy) is 1. The van der Waals surface area contributed by atoms with Crippen molar-refractivity contribution >= 4 is 27.4 Å². The molecule has 0 spiro atoms. The van der Waals surface area contributed by atoms with E-state index in [1.807, 2.05) is 18.2 Å². The summed E-state index contributed by atoms with van der Waals surface area (Å²) < 4.78 is 6.34. The van der Waals surface area contributed by atoms with Crippen molar-refractivity contribution in [3.05, 3.63) is 28.6 Å². The minimum absolute atomic E-state index is 0.223. The van der Waals surface area contributed by atoms with Crippen molar-refractivity contribution in [2.24, 2.45) is 0 Å². The second kappa shape index (κ2) is 6.67. The lowest BCUT2D eigenvalue weighted by molar-refractivity contribution is -0.119. The van der Waals surface area contributed by atoms with Gasteiger partial charge in [0.05, 0.1) is 7.11 Å². The van der Waals surface area contributed by atoms with Crippen LogP contribution in [-0.4, -0.2) is 31.2 Å². The topological polar surface area (TPSA) is 38.8 Å². The van der Waals surface area contributed by atoms with Gasteiger partial charge in [-0.15, -0.1) is 16.4 Å². The lowest BCUT2D eigenvalue weighted by Crippen LogP contribution is -2.32. The second-order valence-electron chi connectivity index (χ2n) is 5.49. The zero-order valence-corrected chi connectivity index (χ0v) is 13.9. The van der Waals surface area contributed by atoms with Gasteiger partial charge in [0, 0.05) is 17.8 Å². The van der Waals surface area contributed by atoms with Crippen LogP contribution in [0.5, 0.6) is 5.75 Å². The van der Waals surface area contributed by atoms with Gasteiger partial charge in [-0.1, -0.05) is 13.3 Å². The van der Waals surface area contributed by atoms with Crippen molar-refractivity contribution in [1.82, 2.24) is 5.06 Å². The van der Waals surface area contributed by atoms with E-state index < -0.39 is 0 Å². The number of hydrogen-bond donors (Lipinski definition) is 0. The number of aryl methyl sites for hydroxylation is 1. The van der Waals surface area contributed by atoms with E-state index in [9.17, 15) is 4.79 Å². The van der Waals surface area contributed by atoms with E-state index in [1.54, 1.807) is 12.2 Å². The molecule has 0 atom stereocenters. The van der Waals surface area contributed by atoms with Gasteiger partial charge in [0.25, 0.3) is 0 Å². The third kappa shape index (κ3) is 2.96. The molecule has 0 amide bonds. The fraction of sp³-hybridized carbons (Fsp3) is 0.471. The van der Waals surface area contributed by atoms with Gasteiger partial charge in [-0.25, -0.2) is 4.79 Å². The highest BCUT2D eigenvalue weighted by Crippen LogP contribution is 2.35. The largest absolute Gasteiger partial charge is 0.497 e. The van der Waals surface area contributed by atoms with Crippen molar-refractivity contribution in [2.75, 3.05) is 20.2 Å². The number of hydroxylamine groups is 2. The van der Waals surface area contributed by atoms with E-state index in [1.165, 1.54) is 17.8 Å². The van der Waals surface area contributed by atoms with E-state index in [2.05, 4.69) is 6.92 Å². The number of fused-ring (bicyclic) bond motifs is 1. The lowest BCUT2D eigenvalue weighted by Gasteiger charge is -2.24. The highest BCUT2D eigenvalue weighted by atomic mass is 32.1. The maximum Gasteiger partial charge on any atom is 0.367 e. The third-order valence-corrected chi connectivity index (χ3v) is 5.24. The number of methoxy groups -OCH3 is 1. The van der Waals surface area contributed by atoms with Gasteiger partial charge in [-0.05, 0) is 48.4 Å².